The first-order valence-corrected chi connectivity index (χ1v) is 11.4. The van der Waals surface area contributed by atoms with Crippen LogP contribution in [0.3, 0.4) is 0 Å². The van der Waals surface area contributed by atoms with Gasteiger partial charge in [0.2, 0.25) is 5.91 Å². The van der Waals surface area contributed by atoms with Gasteiger partial charge in [-0.2, -0.15) is 0 Å². The number of allylic oxidation sites excluding steroid dienone is 1. The van der Waals surface area contributed by atoms with Crippen molar-refractivity contribution in [3.05, 3.63) is 82.5 Å². The van der Waals surface area contributed by atoms with Crippen LogP contribution >= 0.6 is 23.2 Å². The Bertz CT molecular complexity index is 1370. The molecule has 0 saturated carbocycles. The van der Waals surface area contributed by atoms with Crippen LogP contribution in [-0.2, 0) is 4.79 Å². The number of rotatable bonds is 7. The number of nitrogens with one attached hydrogen (secondary N) is 1. The minimum Gasteiger partial charge on any atom is -0.496 e. The molecule has 4 rings (SSSR count). The van der Waals surface area contributed by atoms with Crippen molar-refractivity contribution >= 4 is 51.3 Å². The first-order chi connectivity index (χ1) is 16.4. The summed E-state index contributed by atoms with van der Waals surface area (Å²) in [5, 5.41) is 4.80. The molecule has 34 heavy (non-hydrogen) atoms. The van der Waals surface area contributed by atoms with E-state index in [1.165, 1.54) is 6.08 Å². The van der Waals surface area contributed by atoms with Crippen molar-refractivity contribution in [2.45, 2.75) is 13.8 Å². The number of amides is 1. The van der Waals surface area contributed by atoms with E-state index in [0.29, 0.717) is 33.7 Å². The van der Waals surface area contributed by atoms with Crippen molar-refractivity contribution < 1.29 is 18.7 Å². The van der Waals surface area contributed by atoms with Gasteiger partial charge in [-0.15, -0.1) is 0 Å². The Kier molecular flexibility index (Phi) is 7.15. The van der Waals surface area contributed by atoms with Gasteiger partial charge in [0.1, 0.15) is 17.1 Å². The SMILES string of the molecule is CCOc1ccc(NC(=O)/C=C(\C)c2cc3c(-c4ccc(Cl)cc4Cl)coc3cc2OC)cc1. The molecule has 174 valence electrons. The van der Waals surface area contributed by atoms with Crippen LogP contribution in [0.4, 0.5) is 5.69 Å². The predicted molar refractivity (Wildman–Crippen MR) is 138 cm³/mol. The van der Waals surface area contributed by atoms with Crippen molar-refractivity contribution in [2.24, 2.45) is 0 Å². The summed E-state index contributed by atoms with van der Waals surface area (Å²) < 4.78 is 16.8. The Balaban J connectivity index is 1.66. The molecule has 0 bridgehead atoms. The highest BCUT2D eigenvalue weighted by Crippen LogP contribution is 2.40. The maximum Gasteiger partial charge on any atom is 0.248 e. The number of halogens is 2. The van der Waals surface area contributed by atoms with Gasteiger partial charge in [0.25, 0.3) is 0 Å². The monoisotopic (exact) mass is 495 g/mol. The van der Waals surface area contributed by atoms with Crippen molar-refractivity contribution in [2.75, 3.05) is 19.0 Å². The third-order valence-corrected chi connectivity index (χ3v) is 5.87. The Hall–Kier alpha value is -3.41. The summed E-state index contributed by atoms with van der Waals surface area (Å²) in [4.78, 5) is 12.7. The number of carbonyl (C=O) groups is 1. The molecule has 0 atom stereocenters. The van der Waals surface area contributed by atoms with E-state index in [1.54, 1.807) is 43.7 Å². The Morgan fingerprint density at radius 1 is 1.06 bits per heavy atom. The third-order valence-electron chi connectivity index (χ3n) is 5.32. The number of fused-ring (bicyclic) bond motifs is 1. The van der Waals surface area contributed by atoms with Gasteiger partial charge in [0, 0.05) is 44.9 Å². The molecule has 0 fully saturated rings. The average molecular weight is 496 g/mol. The zero-order chi connectivity index (χ0) is 24.2. The minimum atomic E-state index is -0.253. The third kappa shape index (κ3) is 5.06. The number of anilines is 1. The Labute approximate surface area is 207 Å². The molecule has 7 heteroatoms. The van der Waals surface area contributed by atoms with Gasteiger partial charge in [0.05, 0.1) is 25.0 Å². The fourth-order valence-electron chi connectivity index (χ4n) is 3.70. The quantitative estimate of drug-likeness (QED) is 0.265. The lowest BCUT2D eigenvalue weighted by molar-refractivity contribution is -0.111. The molecule has 3 aromatic carbocycles. The largest absolute Gasteiger partial charge is 0.496 e. The second-order valence-electron chi connectivity index (χ2n) is 7.60. The first kappa shape index (κ1) is 23.7. The highest BCUT2D eigenvalue weighted by atomic mass is 35.5. The second-order valence-corrected chi connectivity index (χ2v) is 8.44. The molecule has 0 aliphatic carbocycles. The second kappa shape index (κ2) is 10.2. The number of ether oxygens (including phenoxy) is 2. The van der Waals surface area contributed by atoms with E-state index in [0.717, 1.165) is 33.4 Å². The summed E-state index contributed by atoms with van der Waals surface area (Å²) in [6, 6.07) is 16.3. The van der Waals surface area contributed by atoms with Crippen LogP contribution in [0.1, 0.15) is 19.4 Å². The summed E-state index contributed by atoms with van der Waals surface area (Å²) in [6.45, 7) is 4.37. The van der Waals surface area contributed by atoms with E-state index in [-0.39, 0.29) is 5.91 Å². The van der Waals surface area contributed by atoms with Gasteiger partial charge in [-0.1, -0.05) is 29.3 Å². The van der Waals surface area contributed by atoms with Gasteiger partial charge in [-0.3, -0.25) is 4.79 Å². The van der Waals surface area contributed by atoms with E-state index < -0.39 is 0 Å². The fraction of sp³-hybridized carbons (Fsp3) is 0.148. The van der Waals surface area contributed by atoms with Crippen molar-refractivity contribution in [1.29, 1.82) is 0 Å². The van der Waals surface area contributed by atoms with E-state index >= 15 is 0 Å². The number of carbonyl (C=O) groups excluding carboxylic acids is 1. The molecule has 0 aliphatic heterocycles. The molecule has 4 aromatic rings. The Morgan fingerprint density at radius 3 is 2.50 bits per heavy atom. The van der Waals surface area contributed by atoms with E-state index in [1.807, 2.05) is 38.1 Å². The van der Waals surface area contributed by atoms with E-state index in [9.17, 15) is 4.79 Å². The van der Waals surface area contributed by atoms with Gasteiger partial charge in [-0.05, 0) is 61.9 Å². The number of methoxy groups -OCH3 is 1. The van der Waals surface area contributed by atoms with Crippen LogP contribution in [0.2, 0.25) is 10.0 Å². The van der Waals surface area contributed by atoms with Crippen LogP contribution in [0, 0.1) is 0 Å². The fourth-order valence-corrected chi connectivity index (χ4v) is 4.21. The standard InChI is InChI=1S/C27H23Cl2NO4/c1-4-33-19-8-6-18(7-9-19)30-27(31)11-16(2)21-13-22-23(15-34-26(22)14-25(21)32-3)20-10-5-17(28)12-24(20)29/h5-15H,4H2,1-3H3,(H,30,31)/b16-11+. The molecule has 1 aromatic heterocycles. The van der Waals surface area contributed by atoms with Gasteiger partial charge in [0.15, 0.2) is 0 Å². The van der Waals surface area contributed by atoms with Crippen LogP contribution in [0.5, 0.6) is 11.5 Å². The lowest BCUT2D eigenvalue weighted by atomic mass is 9.99. The molecule has 0 radical (unpaired) electrons. The number of hydrogen-bond donors (Lipinski definition) is 1. The molecule has 1 N–H and O–H groups in total. The van der Waals surface area contributed by atoms with Crippen LogP contribution in [-0.4, -0.2) is 19.6 Å². The number of furan rings is 1. The van der Waals surface area contributed by atoms with Crippen LogP contribution < -0.4 is 14.8 Å². The number of hydrogen-bond acceptors (Lipinski definition) is 4. The van der Waals surface area contributed by atoms with Crippen LogP contribution in [0.25, 0.3) is 27.7 Å². The molecular formula is C27H23Cl2NO4. The molecule has 0 unspecified atom stereocenters. The van der Waals surface area contributed by atoms with Crippen molar-refractivity contribution in [3.8, 4) is 22.6 Å². The minimum absolute atomic E-state index is 0.253. The summed E-state index contributed by atoms with van der Waals surface area (Å²) in [5.74, 6) is 1.09. The normalized spacial score (nSPS) is 11.5. The van der Waals surface area contributed by atoms with Gasteiger partial charge in [-0.25, -0.2) is 0 Å². The first-order valence-electron chi connectivity index (χ1n) is 10.7. The zero-order valence-electron chi connectivity index (χ0n) is 18.9. The summed E-state index contributed by atoms with van der Waals surface area (Å²) in [6.07, 6.45) is 3.19. The van der Waals surface area contributed by atoms with E-state index in [4.69, 9.17) is 37.1 Å². The highest BCUT2D eigenvalue weighted by molar-refractivity contribution is 6.36. The molecule has 5 nitrogen and oxygen atoms in total. The van der Waals surface area contributed by atoms with Crippen molar-refractivity contribution in [3.63, 3.8) is 0 Å². The molecule has 1 heterocycles. The zero-order valence-corrected chi connectivity index (χ0v) is 20.5. The van der Waals surface area contributed by atoms with Crippen molar-refractivity contribution in [1.82, 2.24) is 0 Å². The maximum absolute atomic E-state index is 12.7. The lowest BCUT2D eigenvalue weighted by Crippen LogP contribution is -2.08. The average Bonchev–Trinajstić information content (AvgIpc) is 3.22. The van der Waals surface area contributed by atoms with Crippen LogP contribution in [0.15, 0.2) is 71.4 Å². The summed E-state index contributed by atoms with van der Waals surface area (Å²) >= 11 is 12.5. The summed E-state index contributed by atoms with van der Waals surface area (Å²) in [5.41, 5.74) is 4.45. The highest BCUT2D eigenvalue weighted by Gasteiger charge is 2.16. The lowest BCUT2D eigenvalue weighted by Gasteiger charge is -2.11. The molecule has 0 spiro atoms. The molecule has 0 saturated heterocycles. The topological polar surface area (TPSA) is 60.7 Å². The maximum atomic E-state index is 12.7. The van der Waals surface area contributed by atoms with E-state index in [2.05, 4.69) is 5.32 Å². The smallest absolute Gasteiger partial charge is 0.248 e. The predicted octanol–water partition coefficient (Wildman–Crippen LogP) is 7.86. The Morgan fingerprint density at radius 2 is 1.82 bits per heavy atom. The van der Waals surface area contributed by atoms with Gasteiger partial charge >= 0.3 is 0 Å². The molecule has 1 amide bonds. The summed E-state index contributed by atoms with van der Waals surface area (Å²) in [7, 11) is 1.58. The molecular weight excluding hydrogens is 473 g/mol. The number of benzene rings is 3. The van der Waals surface area contributed by atoms with Gasteiger partial charge < -0.3 is 19.2 Å². The molecule has 0 aliphatic rings.